The highest BCUT2D eigenvalue weighted by Gasteiger charge is 2.34. The standard InChI is InChI=1S/C23H28N4O2/c1-3-24-23(26-16-18-12-10-17(2)11-13-18)25-14-6-7-15-27-21(28)19-8-4-5-9-20(19)22(27)29/h4-5,8-13H,3,6-7,14-16H2,1-2H3,(H2,24,25,26). The average Bonchev–Trinajstić information content (AvgIpc) is 2.98. The number of aliphatic imine (C=N–C) groups is 1. The zero-order valence-corrected chi connectivity index (χ0v) is 17.1. The smallest absolute Gasteiger partial charge is 0.261 e. The number of fused-ring (bicyclic) bond motifs is 1. The molecule has 0 unspecified atom stereocenters. The molecular formula is C23H28N4O2. The molecule has 2 amide bonds. The molecule has 1 aliphatic heterocycles. The summed E-state index contributed by atoms with van der Waals surface area (Å²) in [7, 11) is 0. The minimum Gasteiger partial charge on any atom is -0.357 e. The number of amides is 2. The zero-order chi connectivity index (χ0) is 20.6. The van der Waals surface area contributed by atoms with E-state index in [-0.39, 0.29) is 11.8 Å². The highest BCUT2D eigenvalue weighted by molar-refractivity contribution is 6.21. The third-order valence-electron chi connectivity index (χ3n) is 4.86. The number of rotatable bonds is 8. The van der Waals surface area contributed by atoms with E-state index in [2.05, 4.69) is 46.8 Å². The summed E-state index contributed by atoms with van der Waals surface area (Å²) in [6.07, 6.45) is 1.58. The Morgan fingerprint density at radius 1 is 0.931 bits per heavy atom. The van der Waals surface area contributed by atoms with Gasteiger partial charge in [0.1, 0.15) is 0 Å². The molecule has 0 fully saturated rings. The SMILES string of the molecule is CCNC(=NCc1ccc(C)cc1)NCCCCN1C(=O)c2ccccc2C1=O. The Balaban J connectivity index is 1.44. The Morgan fingerprint density at radius 2 is 1.59 bits per heavy atom. The van der Waals surface area contributed by atoms with E-state index < -0.39 is 0 Å². The fourth-order valence-corrected chi connectivity index (χ4v) is 3.25. The van der Waals surface area contributed by atoms with Gasteiger partial charge in [0.15, 0.2) is 5.96 Å². The van der Waals surface area contributed by atoms with Crippen molar-refractivity contribution in [2.75, 3.05) is 19.6 Å². The molecule has 0 atom stereocenters. The van der Waals surface area contributed by atoms with Crippen LogP contribution in [0.5, 0.6) is 0 Å². The number of carbonyl (C=O) groups excluding carboxylic acids is 2. The van der Waals surface area contributed by atoms with E-state index in [4.69, 9.17) is 0 Å². The molecule has 2 aromatic rings. The van der Waals surface area contributed by atoms with E-state index in [0.717, 1.165) is 31.9 Å². The number of nitrogens with zero attached hydrogens (tertiary/aromatic N) is 2. The van der Waals surface area contributed by atoms with Gasteiger partial charge in [0, 0.05) is 19.6 Å². The normalized spacial score (nSPS) is 13.6. The Labute approximate surface area is 172 Å². The number of carbonyl (C=O) groups is 2. The maximum Gasteiger partial charge on any atom is 0.261 e. The Morgan fingerprint density at radius 3 is 2.21 bits per heavy atom. The van der Waals surface area contributed by atoms with E-state index >= 15 is 0 Å². The van der Waals surface area contributed by atoms with Crippen LogP contribution in [-0.4, -0.2) is 42.3 Å². The summed E-state index contributed by atoms with van der Waals surface area (Å²) in [6, 6.07) is 15.4. The average molecular weight is 393 g/mol. The van der Waals surface area contributed by atoms with Crippen molar-refractivity contribution in [3.05, 3.63) is 70.8 Å². The maximum absolute atomic E-state index is 12.4. The number of aryl methyl sites for hydroxylation is 1. The number of benzene rings is 2. The van der Waals surface area contributed by atoms with Crippen LogP contribution in [0.25, 0.3) is 0 Å². The van der Waals surface area contributed by atoms with E-state index in [1.54, 1.807) is 24.3 Å². The third-order valence-corrected chi connectivity index (χ3v) is 4.86. The van der Waals surface area contributed by atoms with Crippen LogP contribution >= 0.6 is 0 Å². The fraction of sp³-hybridized carbons (Fsp3) is 0.348. The quantitative estimate of drug-likeness (QED) is 0.313. The molecule has 2 aromatic carbocycles. The second kappa shape index (κ2) is 9.87. The van der Waals surface area contributed by atoms with Gasteiger partial charge in [-0.1, -0.05) is 42.0 Å². The lowest BCUT2D eigenvalue weighted by atomic mass is 10.1. The van der Waals surface area contributed by atoms with Crippen molar-refractivity contribution < 1.29 is 9.59 Å². The molecule has 0 saturated heterocycles. The van der Waals surface area contributed by atoms with Gasteiger partial charge in [-0.3, -0.25) is 14.5 Å². The molecule has 0 spiro atoms. The molecule has 2 N–H and O–H groups in total. The van der Waals surface area contributed by atoms with E-state index in [1.165, 1.54) is 16.0 Å². The lowest BCUT2D eigenvalue weighted by molar-refractivity contribution is 0.0652. The predicted molar refractivity (Wildman–Crippen MR) is 115 cm³/mol. The van der Waals surface area contributed by atoms with E-state index in [0.29, 0.717) is 24.2 Å². The number of imide groups is 1. The van der Waals surface area contributed by atoms with Gasteiger partial charge < -0.3 is 10.6 Å². The van der Waals surface area contributed by atoms with Crippen LogP contribution in [0, 0.1) is 6.92 Å². The van der Waals surface area contributed by atoms with Gasteiger partial charge in [-0.2, -0.15) is 0 Å². The van der Waals surface area contributed by atoms with Gasteiger partial charge in [0.05, 0.1) is 17.7 Å². The van der Waals surface area contributed by atoms with Crippen molar-refractivity contribution in [3.8, 4) is 0 Å². The first-order valence-electron chi connectivity index (χ1n) is 10.1. The lowest BCUT2D eigenvalue weighted by Gasteiger charge is -2.14. The first-order valence-corrected chi connectivity index (χ1v) is 10.1. The molecule has 3 rings (SSSR count). The number of hydrogen-bond acceptors (Lipinski definition) is 3. The van der Waals surface area contributed by atoms with Crippen LogP contribution in [0.4, 0.5) is 0 Å². The summed E-state index contributed by atoms with van der Waals surface area (Å²) in [5, 5.41) is 6.56. The first kappa shape index (κ1) is 20.6. The Hall–Kier alpha value is -3.15. The topological polar surface area (TPSA) is 73.8 Å². The molecular weight excluding hydrogens is 364 g/mol. The summed E-state index contributed by atoms with van der Waals surface area (Å²) in [6.45, 7) is 6.67. The Bertz CT molecular complexity index is 855. The third kappa shape index (κ3) is 5.22. The van der Waals surface area contributed by atoms with Crippen LogP contribution in [-0.2, 0) is 6.54 Å². The summed E-state index contributed by atoms with van der Waals surface area (Å²) >= 11 is 0. The highest BCUT2D eigenvalue weighted by atomic mass is 16.2. The largest absolute Gasteiger partial charge is 0.357 e. The van der Waals surface area contributed by atoms with Crippen LogP contribution in [0.15, 0.2) is 53.5 Å². The Kier molecular flexibility index (Phi) is 7.00. The zero-order valence-electron chi connectivity index (χ0n) is 17.1. The van der Waals surface area contributed by atoms with Crippen molar-refractivity contribution >= 4 is 17.8 Å². The monoisotopic (exact) mass is 392 g/mol. The summed E-state index contributed by atoms with van der Waals surface area (Å²) in [5.74, 6) is 0.395. The van der Waals surface area contributed by atoms with Gasteiger partial charge in [-0.25, -0.2) is 4.99 Å². The predicted octanol–water partition coefficient (Wildman–Crippen LogP) is 3.13. The number of nitrogens with one attached hydrogen (secondary N) is 2. The molecule has 29 heavy (non-hydrogen) atoms. The molecule has 6 heteroatoms. The summed E-state index contributed by atoms with van der Waals surface area (Å²) in [4.78, 5) is 30.7. The van der Waals surface area contributed by atoms with Gasteiger partial charge in [0.25, 0.3) is 11.8 Å². The summed E-state index contributed by atoms with van der Waals surface area (Å²) in [5.41, 5.74) is 3.42. The maximum atomic E-state index is 12.4. The van der Waals surface area contributed by atoms with Crippen molar-refractivity contribution in [1.29, 1.82) is 0 Å². The van der Waals surface area contributed by atoms with Crippen molar-refractivity contribution in [3.63, 3.8) is 0 Å². The summed E-state index contributed by atoms with van der Waals surface area (Å²) < 4.78 is 0. The van der Waals surface area contributed by atoms with Crippen LogP contribution < -0.4 is 10.6 Å². The van der Waals surface area contributed by atoms with Gasteiger partial charge in [0.2, 0.25) is 0 Å². The highest BCUT2D eigenvalue weighted by Crippen LogP contribution is 2.22. The molecule has 0 saturated carbocycles. The number of guanidine groups is 1. The minimum absolute atomic E-state index is 0.188. The van der Waals surface area contributed by atoms with Crippen LogP contribution in [0.3, 0.4) is 0 Å². The lowest BCUT2D eigenvalue weighted by Crippen LogP contribution is -2.38. The van der Waals surface area contributed by atoms with Crippen molar-refractivity contribution in [2.45, 2.75) is 33.2 Å². The molecule has 0 aromatic heterocycles. The van der Waals surface area contributed by atoms with Gasteiger partial charge in [-0.05, 0) is 44.4 Å². The van der Waals surface area contributed by atoms with E-state index in [9.17, 15) is 9.59 Å². The number of hydrogen-bond donors (Lipinski definition) is 2. The molecule has 0 bridgehead atoms. The van der Waals surface area contributed by atoms with Crippen LogP contribution in [0.2, 0.25) is 0 Å². The van der Waals surface area contributed by atoms with Crippen molar-refractivity contribution in [2.24, 2.45) is 4.99 Å². The molecule has 0 aliphatic carbocycles. The second-order valence-electron chi connectivity index (χ2n) is 7.12. The van der Waals surface area contributed by atoms with Crippen LogP contribution in [0.1, 0.15) is 51.6 Å². The first-order chi connectivity index (χ1) is 14.1. The molecule has 6 nitrogen and oxygen atoms in total. The molecule has 152 valence electrons. The fourth-order valence-electron chi connectivity index (χ4n) is 3.25. The van der Waals surface area contributed by atoms with E-state index in [1.807, 2.05) is 6.92 Å². The van der Waals surface area contributed by atoms with Gasteiger partial charge >= 0.3 is 0 Å². The van der Waals surface area contributed by atoms with Crippen molar-refractivity contribution in [1.82, 2.24) is 15.5 Å². The second-order valence-corrected chi connectivity index (χ2v) is 7.12. The molecule has 0 radical (unpaired) electrons. The number of unbranched alkanes of at least 4 members (excludes halogenated alkanes) is 1. The molecule has 1 aliphatic rings. The van der Waals surface area contributed by atoms with Gasteiger partial charge in [-0.15, -0.1) is 0 Å². The molecule has 1 heterocycles. The minimum atomic E-state index is -0.188.